The molecule has 2 unspecified atom stereocenters. The third kappa shape index (κ3) is 4.45. The molecule has 3 heterocycles. The lowest BCUT2D eigenvalue weighted by molar-refractivity contribution is -0.137. The van der Waals surface area contributed by atoms with Gasteiger partial charge in [-0.2, -0.15) is 0 Å². The van der Waals surface area contributed by atoms with Gasteiger partial charge < -0.3 is 14.4 Å². The molecule has 5 rings (SSSR count). The molecule has 0 aliphatic carbocycles. The molecule has 0 saturated carbocycles. The summed E-state index contributed by atoms with van der Waals surface area (Å²) >= 11 is 0. The number of amides is 3. The van der Waals surface area contributed by atoms with Gasteiger partial charge in [-0.15, -0.1) is 0 Å². The number of hydrogen-bond donors (Lipinski definition) is 1. The van der Waals surface area contributed by atoms with E-state index in [1.165, 1.54) is 5.56 Å². The lowest BCUT2D eigenvalue weighted by atomic mass is 9.86. The molecular formula is C25H28BN3O5. The predicted molar refractivity (Wildman–Crippen MR) is 127 cm³/mol. The van der Waals surface area contributed by atoms with Gasteiger partial charge in [0.15, 0.2) is 0 Å². The smallest absolute Gasteiger partial charge is 0.254 e. The Balaban J connectivity index is 1.27. The summed E-state index contributed by atoms with van der Waals surface area (Å²) in [6, 6.07) is 13.2. The third-order valence-electron chi connectivity index (χ3n) is 6.84. The number of imide groups is 1. The second-order valence-corrected chi connectivity index (χ2v) is 9.07. The minimum atomic E-state index is -0.653. The molecule has 0 bridgehead atoms. The van der Waals surface area contributed by atoms with Gasteiger partial charge in [0, 0.05) is 43.1 Å². The van der Waals surface area contributed by atoms with Gasteiger partial charge in [-0.05, 0) is 29.7 Å². The molecule has 2 atom stereocenters. The topological polar surface area (TPSA) is 88.2 Å². The maximum absolute atomic E-state index is 13.2. The Hall–Kier alpha value is -3.17. The number of morpholine rings is 1. The van der Waals surface area contributed by atoms with Crippen molar-refractivity contribution >= 4 is 25.6 Å². The number of nitrogens with one attached hydrogen (secondary N) is 1. The number of hydrogen-bond acceptors (Lipinski definition) is 6. The molecule has 3 aliphatic heterocycles. The van der Waals surface area contributed by atoms with Gasteiger partial charge >= 0.3 is 0 Å². The van der Waals surface area contributed by atoms with Crippen LogP contribution in [0.5, 0.6) is 5.75 Å². The molecule has 2 aromatic carbocycles. The van der Waals surface area contributed by atoms with Crippen LogP contribution in [0.25, 0.3) is 0 Å². The normalized spacial score (nSPS) is 23.1. The van der Waals surface area contributed by atoms with Crippen LogP contribution in [-0.4, -0.2) is 67.7 Å². The van der Waals surface area contributed by atoms with E-state index in [9.17, 15) is 14.4 Å². The zero-order chi connectivity index (χ0) is 23.7. The first kappa shape index (κ1) is 22.6. The van der Waals surface area contributed by atoms with E-state index in [-0.39, 0.29) is 24.2 Å². The molecule has 0 spiro atoms. The highest BCUT2D eigenvalue weighted by atomic mass is 16.5. The number of rotatable bonds is 6. The number of benzene rings is 2. The number of nitrogens with zero attached hydrogens (tertiary/aromatic N) is 2. The number of piperidine rings is 1. The Morgan fingerprint density at radius 2 is 1.76 bits per heavy atom. The molecule has 2 saturated heterocycles. The fraction of sp³-hybridized carbons (Fsp3) is 0.400. The summed E-state index contributed by atoms with van der Waals surface area (Å²) < 4.78 is 11.6. The first-order valence-electron chi connectivity index (χ1n) is 11.8. The fourth-order valence-electron chi connectivity index (χ4n) is 5.02. The number of ether oxygens (including phenoxy) is 2. The van der Waals surface area contributed by atoms with E-state index in [2.05, 4.69) is 34.5 Å². The molecule has 2 aromatic rings. The van der Waals surface area contributed by atoms with Crippen LogP contribution in [0.4, 0.5) is 0 Å². The van der Waals surface area contributed by atoms with Gasteiger partial charge in [0.05, 0.1) is 13.2 Å². The zero-order valence-corrected chi connectivity index (χ0v) is 19.3. The van der Waals surface area contributed by atoms with Crippen molar-refractivity contribution in [3.8, 4) is 5.75 Å². The van der Waals surface area contributed by atoms with Crippen molar-refractivity contribution in [2.24, 2.45) is 0 Å². The van der Waals surface area contributed by atoms with Gasteiger partial charge in [0.1, 0.15) is 26.2 Å². The van der Waals surface area contributed by atoms with E-state index in [0.29, 0.717) is 24.3 Å². The van der Waals surface area contributed by atoms with E-state index in [1.807, 2.05) is 13.9 Å². The fourth-order valence-corrected chi connectivity index (χ4v) is 5.02. The van der Waals surface area contributed by atoms with Crippen molar-refractivity contribution < 1.29 is 23.9 Å². The summed E-state index contributed by atoms with van der Waals surface area (Å²) in [6.45, 7) is 4.78. The zero-order valence-electron chi connectivity index (χ0n) is 19.3. The molecular weight excluding hydrogens is 433 g/mol. The van der Waals surface area contributed by atoms with Crippen molar-refractivity contribution in [2.45, 2.75) is 38.0 Å². The molecule has 0 radical (unpaired) electrons. The Morgan fingerprint density at radius 1 is 1.03 bits per heavy atom. The van der Waals surface area contributed by atoms with Crippen molar-refractivity contribution in [1.82, 2.24) is 15.1 Å². The number of carbonyl (C=O) groups excluding carboxylic acids is 3. The second-order valence-electron chi connectivity index (χ2n) is 9.07. The van der Waals surface area contributed by atoms with Crippen LogP contribution in [0.1, 0.15) is 45.8 Å². The van der Waals surface area contributed by atoms with Crippen LogP contribution in [0, 0.1) is 0 Å². The highest BCUT2D eigenvalue weighted by molar-refractivity contribution is 6.19. The summed E-state index contributed by atoms with van der Waals surface area (Å²) in [5.41, 5.74) is 3.64. The summed E-state index contributed by atoms with van der Waals surface area (Å²) in [5.74, 6) is -0.582. The Labute approximate surface area is 199 Å². The van der Waals surface area contributed by atoms with Crippen LogP contribution in [0.3, 0.4) is 0 Å². The second kappa shape index (κ2) is 9.60. The lowest BCUT2D eigenvalue weighted by Crippen LogP contribution is -2.53. The van der Waals surface area contributed by atoms with Crippen molar-refractivity contribution in [2.75, 3.05) is 26.3 Å². The van der Waals surface area contributed by atoms with Crippen LogP contribution in [0.2, 0.25) is 0 Å². The molecule has 9 heteroatoms. The van der Waals surface area contributed by atoms with Gasteiger partial charge in [-0.25, -0.2) is 0 Å². The molecule has 34 heavy (non-hydrogen) atoms. The van der Waals surface area contributed by atoms with Gasteiger partial charge in [0.2, 0.25) is 11.8 Å². The molecule has 2 fully saturated rings. The average Bonchev–Trinajstić information content (AvgIpc) is 3.10. The van der Waals surface area contributed by atoms with Crippen LogP contribution in [0.15, 0.2) is 42.5 Å². The van der Waals surface area contributed by atoms with Crippen molar-refractivity contribution in [3.63, 3.8) is 0 Å². The number of fused-ring (bicyclic) bond motifs is 1. The van der Waals surface area contributed by atoms with Crippen LogP contribution < -0.4 is 10.1 Å². The monoisotopic (exact) mass is 461 g/mol. The van der Waals surface area contributed by atoms with E-state index in [1.54, 1.807) is 17.0 Å². The minimum absolute atomic E-state index is 0.199. The summed E-state index contributed by atoms with van der Waals surface area (Å²) in [6.07, 6.45) is 0.565. The molecule has 3 amide bonds. The molecule has 1 N–H and O–H groups in total. The maximum atomic E-state index is 13.2. The van der Waals surface area contributed by atoms with Gasteiger partial charge in [-0.1, -0.05) is 30.3 Å². The van der Waals surface area contributed by atoms with Gasteiger partial charge in [0.25, 0.3) is 5.91 Å². The molecule has 0 aromatic heterocycles. The predicted octanol–water partition coefficient (Wildman–Crippen LogP) is 0.991. The van der Waals surface area contributed by atoms with Crippen LogP contribution in [-0.2, 0) is 27.5 Å². The van der Waals surface area contributed by atoms with E-state index in [4.69, 9.17) is 9.47 Å². The standard InChI is InChI=1S/C25H28BN3O5/c26-23-22-18(25(32)29(23)19-8-9-21(30)27-24(19)31)2-1-3-20(22)34-15-17-6-4-16(5-7-17)14-28-10-12-33-13-11-28/h1-7,19,23H,8-15,26H2,(H,27,30,31). The maximum Gasteiger partial charge on any atom is 0.254 e. The van der Waals surface area contributed by atoms with E-state index >= 15 is 0 Å². The average molecular weight is 461 g/mol. The molecule has 8 nitrogen and oxygen atoms in total. The molecule has 3 aliphatic rings. The number of carbonyl (C=O) groups is 3. The summed E-state index contributed by atoms with van der Waals surface area (Å²) in [5, 5.41) is 2.35. The van der Waals surface area contributed by atoms with Gasteiger partial charge in [-0.3, -0.25) is 24.6 Å². The van der Waals surface area contributed by atoms with E-state index in [0.717, 1.165) is 44.0 Å². The summed E-state index contributed by atoms with van der Waals surface area (Å²) in [7, 11) is 1.90. The third-order valence-corrected chi connectivity index (χ3v) is 6.84. The lowest BCUT2D eigenvalue weighted by Gasteiger charge is -2.33. The highest BCUT2D eigenvalue weighted by Gasteiger charge is 2.44. The molecule has 176 valence electrons. The highest BCUT2D eigenvalue weighted by Crippen LogP contribution is 2.40. The SMILES string of the molecule is BC1c2c(OCc3ccc(CN4CCOCC4)cc3)cccc2C(=O)N1C1CCC(=O)NC1=O. The first-order valence-corrected chi connectivity index (χ1v) is 11.8. The van der Waals surface area contributed by atoms with Crippen molar-refractivity contribution in [1.29, 1.82) is 0 Å². The van der Waals surface area contributed by atoms with Crippen molar-refractivity contribution in [3.05, 3.63) is 64.7 Å². The summed E-state index contributed by atoms with van der Waals surface area (Å²) in [4.78, 5) is 41.1. The Kier molecular flexibility index (Phi) is 6.39. The Bertz CT molecular complexity index is 1100. The van der Waals surface area contributed by atoms with Crippen LogP contribution >= 0.6 is 0 Å². The largest absolute Gasteiger partial charge is 0.489 e. The quantitative estimate of drug-likeness (QED) is 0.510. The first-order chi connectivity index (χ1) is 16.5. The Morgan fingerprint density at radius 3 is 2.50 bits per heavy atom. The minimum Gasteiger partial charge on any atom is -0.489 e. The van der Waals surface area contributed by atoms with E-state index < -0.39 is 11.9 Å².